The number of aliphatic hydroxyl groups is 3. The van der Waals surface area contributed by atoms with Gasteiger partial charge in [0.2, 0.25) is 5.91 Å². The summed E-state index contributed by atoms with van der Waals surface area (Å²) < 4.78 is 12.1. The van der Waals surface area contributed by atoms with Crippen molar-refractivity contribution in [3.8, 4) is 0 Å². The van der Waals surface area contributed by atoms with Crippen LogP contribution >= 0.6 is 0 Å². The zero-order valence-electron chi connectivity index (χ0n) is 25.9. The Labute approximate surface area is 274 Å². The lowest BCUT2D eigenvalue weighted by Gasteiger charge is -2.29. The zero-order chi connectivity index (χ0) is 32.8. The minimum absolute atomic E-state index is 0.0358. The van der Waals surface area contributed by atoms with Gasteiger partial charge in [-0.2, -0.15) is 0 Å². The number of rotatable bonds is 13. The topological polar surface area (TPSA) is 137 Å². The van der Waals surface area contributed by atoms with Crippen LogP contribution in [0.25, 0.3) is 0 Å². The molecule has 4 aromatic carbocycles. The van der Waals surface area contributed by atoms with Crippen molar-refractivity contribution in [3.63, 3.8) is 0 Å². The monoisotopic (exact) mass is 636 g/mol. The van der Waals surface area contributed by atoms with Crippen molar-refractivity contribution in [1.82, 2.24) is 10.6 Å². The van der Waals surface area contributed by atoms with Crippen molar-refractivity contribution < 1.29 is 34.4 Å². The molecule has 9 nitrogen and oxygen atoms in total. The van der Waals surface area contributed by atoms with E-state index in [0.717, 1.165) is 33.4 Å². The number of hydrogen-bond donors (Lipinski definition) is 5. The number of hydrogen-bond acceptors (Lipinski definition) is 7. The number of ether oxygens (including phenoxy) is 2. The van der Waals surface area contributed by atoms with Crippen LogP contribution in [0.3, 0.4) is 0 Å². The lowest BCUT2D eigenvalue weighted by Crippen LogP contribution is -2.50. The van der Waals surface area contributed by atoms with Crippen LogP contribution in [-0.2, 0) is 45.1 Å². The van der Waals surface area contributed by atoms with Crippen molar-refractivity contribution in [2.75, 3.05) is 0 Å². The van der Waals surface area contributed by atoms with Crippen molar-refractivity contribution in [2.24, 2.45) is 0 Å². The molecule has 0 heterocycles. The Balaban J connectivity index is 1.20. The van der Waals surface area contributed by atoms with E-state index >= 15 is 0 Å². The summed E-state index contributed by atoms with van der Waals surface area (Å²) in [5.41, 5.74) is 5.10. The first kappa shape index (κ1) is 32.6. The number of nitrogens with one attached hydrogen (secondary N) is 2. The highest BCUT2D eigenvalue weighted by Gasteiger charge is 2.39. The highest BCUT2D eigenvalue weighted by Crippen LogP contribution is 2.33. The number of benzene rings is 4. The summed E-state index contributed by atoms with van der Waals surface area (Å²) in [5, 5.41) is 39.1. The van der Waals surface area contributed by atoms with Gasteiger partial charge in [-0.3, -0.25) is 9.59 Å². The fourth-order valence-corrected chi connectivity index (χ4v) is 6.45. The molecule has 0 saturated carbocycles. The third-order valence-corrected chi connectivity index (χ3v) is 8.95. The van der Waals surface area contributed by atoms with E-state index in [9.17, 15) is 24.9 Å². The van der Waals surface area contributed by atoms with E-state index in [1.54, 1.807) is 0 Å². The highest BCUT2D eigenvalue weighted by atomic mass is 16.5. The number of carbonyl (C=O) groups is 2. The molecule has 0 bridgehead atoms. The normalized spacial score (nSPS) is 21.7. The molecule has 0 unspecified atom stereocenters. The fourth-order valence-electron chi connectivity index (χ4n) is 6.45. The summed E-state index contributed by atoms with van der Waals surface area (Å²) in [7, 11) is 0. The number of amides is 2. The van der Waals surface area contributed by atoms with Gasteiger partial charge in [0.15, 0.2) is 6.10 Å². The molecule has 6 rings (SSSR count). The number of fused-ring (bicyclic) bond motifs is 2. The van der Waals surface area contributed by atoms with Gasteiger partial charge >= 0.3 is 0 Å². The van der Waals surface area contributed by atoms with Crippen LogP contribution in [-0.4, -0.2) is 57.6 Å². The van der Waals surface area contributed by atoms with Crippen molar-refractivity contribution in [1.29, 1.82) is 0 Å². The molecule has 0 spiro atoms. The molecule has 9 heteroatoms. The second-order valence-electron chi connectivity index (χ2n) is 12.2. The van der Waals surface area contributed by atoms with E-state index in [4.69, 9.17) is 9.47 Å². The van der Waals surface area contributed by atoms with E-state index in [1.165, 1.54) is 0 Å². The molecule has 0 fully saturated rings. The Hall–Kier alpha value is -4.38. The molecule has 2 amide bonds. The quantitative estimate of drug-likeness (QED) is 0.152. The van der Waals surface area contributed by atoms with Gasteiger partial charge in [0, 0.05) is 12.8 Å². The van der Waals surface area contributed by atoms with Crippen LogP contribution in [0.15, 0.2) is 109 Å². The Bertz CT molecular complexity index is 1650. The van der Waals surface area contributed by atoms with Crippen molar-refractivity contribution >= 4 is 11.8 Å². The minimum atomic E-state index is -1.45. The molecular formula is C38H40N2O7. The third kappa shape index (κ3) is 7.78. The maximum absolute atomic E-state index is 13.8. The Morgan fingerprint density at radius 3 is 1.87 bits per heavy atom. The summed E-state index contributed by atoms with van der Waals surface area (Å²) in [6.07, 6.45) is -5.14. The first-order valence-electron chi connectivity index (χ1n) is 16.0. The predicted molar refractivity (Wildman–Crippen MR) is 175 cm³/mol. The SMILES string of the molecule is O=C(N[C@H]1Cc2ccccc2[C@@H]1O)[C@@H](C[C@@H](O)[C@@H](OCc1ccccc1)C(=O)N[C@H]1c2ccccc2C[C@H]1O)OCc1ccccc1. The molecule has 7 atom stereocenters. The summed E-state index contributed by atoms with van der Waals surface area (Å²) >= 11 is 0. The zero-order valence-corrected chi connectivity index (χ0v) is 25.9. The number of aliphatic hydroxyl groups excluding tert-OH is 3. The van der Waals surface area contributed by atoms with Gasteiger partial charge in [-0.25, -0.2) is 0 Å². The predicted octanol–water partition coefficient (Wildman–Crippen LogP) is 3.46. The first-order valence-corrected chi connectivity index (χ1v) is 16.0. The molecule has 0 aromatic heterocycles. The lowest BCUT2D eigenvalue weighted by atomic mass is 10.0. The van der Waals surface area contributed by atoms with E-state index in [2.05, 4.69) is 10.6 Å². The fraction of sp³-hybridized carbons (Fsp3) is 0.316. The largest absolute Gasteiger partial charge is 0.390 e. The van der Waals surface area contributed by atoms with Gasteiger partial charge < -0.3 is 35.4 Å². The first-order chi connectivity index (χ1) is 22.9. The van der Waals surface area contributed by atoms with Gasteiger partial charge in [-0.05, 0) is 39.8 Å². The molecular weight excluding hydrogens is 596 g/mol. The Kier molecular flexibility index (Phi) is 10.4. The van der Waals surface area contributed by atoms with Gasteiger partial charge in [0.25, 0.3) is 5.91 Å². The van der Waals surface area contributed by atoms with Gasteiger partial charge in [-0.15, -0.1) is 0 Å². The van der Waals surface area contributed by atoms with E-state index in [-0.39, 0.29) is 19.6 Å². The van der Waals surface area contributed by atoms with Crippen molar-refractivity contribution in [2.45, 2.75) is 75.1 Å². The number of carbonyl (C=O) groups excluding carboxylic acids is 2. The molecule has 2 aliphatic carbocycles. The Morgan fingerprint density at radius 1 is 0.681 bits per heavy atom. The summed E-state index contributed by atoms with van der Waals surface area (Å²) in [5.74, 6) is -1.13. The lowest BCUT2D eigenvalue weighted by molar-refractivity contribution is -0.150. The summed E-state index contributed by atoms with van der Waals surface area (Å²) in [6.45, 7) is 0.125. The smallest absolute Gasteiger partial charge is 0.252 e. The van der Waals surface area contributed by atoms with Crippen LogP contribution in [0.4, 0.5) is 0 Å². The van der Waals surface area contributed by atoms with Crippen LogP contribution < -0.4 is 10.6 Å². The van der Waals surface area contributed by atoms with E-state index < -0.39 is 54.4 Å². The minimum Gasteiger partial charge on any atom is -0.390 e. The molecule has 0 aliphatic heterocycles. The molecule has 47 heavy (non-hydrogen) atoms. The molecule has 4 aromatic rings. The summed E-state index contributed by atoms with van der Waals surface area (Å²) in [4.78, 5) is 27.6. The molecule has 244 valence electrons. The average Bonchev–Trinajstić information content (AvgIpc) is 3.58. The third-order valence-electron chi connectivity index (χ3n) is 8.95. The van der Waals surface area contributed by atoms with Crippen LogP contribution in [0.5, 0.6) is 0 Å². The average molecular weight is 637 g/mol. The molecule has 0 radical (unpaired) electrons. The van der Waals surface area contributed by atoms with Crippen molar-refractivity contribution in [3.05, 3.63) is 143 Å². The van der Waals surface area contributed by atoms with Gasteiger partial charge in [-0.1, -0.05) is 109 Å². The van der Waals surface area contributed by atoms with E-state index in [0.29, 0.717) is 12.8 Å². The standard InChI is InChI=1S/C38H40N2O7/c41-31-20-27-16-7-9-17-28(27)34(31)40-38(45)36(47-23-25-13-5-2-6-14-25)32(42)21-33(46-22-24-11-3-1-4-12-24)37(44)39-30-19-26-15-8-10-18-29(26)35(30)43/h1-18,30-36,41-43H,19-23H2,(H,39,44)(H,40,45)/t30-,31+,32+,33+,34-,35-,36+/m0/s1. The highest BCUT2D eigenvalue weighted by molar-refractivity contribution is 5.83. The van der Waals surface area contributed by atoms with Gasteiger partial charge in [0.1, 0.15) is 6.10 Å². The second kappa shape index (κ2) is 15.0. The van der Waals surface area contributed by atoms with Crippen LogP contribution in [0.1, 0.15) is 51.9 Å². The molecule has 2 aliphatic rings. The van der Waals surface area contributed by atoms with Crippen LogP contribution in [0, 0.1) is 0 Å². The Morgan fingerprint density at radius 2 is 1.23 bits per heavy atom. The van der Waals surface area contributed by atoms with E-state index in [1.807, 2.05) is 109 Å². The molecule has 0 saturated heterocycles. The van der Waals surface area contributed by atoms with Gasteiger partial charge in [0.05, 0.1) is 43.6 Å². The maximum Gasteiger partial charge on any atom is 0.252 e. The maximum atomic E-state index is 13.8. The second-order valence-corrected chi connectivity index (χ2v) is 12.2. The van der Waals surface area contributed by atoms with Crippen LogP contribution in [0.2, 0.25) is 0 Å². The molecule has 5 N–H and O–H groups in total. The summed E-state index contributed by atoms with van der Waals surface area (Å²) in [6, 6.07) is 32.4.